The van der Waals surface area contributed by atoms with Gasteiger partial charge in [-0.05, 0) is 79.0 Å². The van der Waals surface area contributed by atoms with Crippen molar-refractivity contribution >= 4 is 0 Å². The van der Waals surface area contributed by atoms with E-state index in [1.165, 1.54) is 55.2 Å². The number of aryl methyl sites for hydroxylation is 2. The maximum Gasteiger partial charge on any atom is 0.0323 e. The quantitative estimate of drug-likeness (QED) is 0.855. The second-order valence-corrected chi connectivity index (χ2v) is 6.44. The van der Waals surface area contributed by atoms with E-state index in [1.54, 1.807) is 16.7 Å². The molecule has 0 amide bonds. The van der Waals surface area contributed by atoms with E-state index in [9.17, 15) is 0 Å². The smallest absolute Gasteiger partial charge is 0.0323 e. The summed E-state index contributed by atoms with van der Waals surface area (Å²) in [6, 6.07) is 14.5. The van der Waals surface area contributed by atoms with Gasteiger partial charge in [0.05, 0.1) is 0 Å². The van der Waals surface area contributed by atoms with Crippen LogP contribution in [0.15, 0.2) is 36.4 Å². The van der Waals surface area contributed by atoms with Crippen LogP contribution in [0, 0.1) is 0 Å². The standard InChI is InChI=1S/C20H23N/c1-21-20-12-11-18-17(7-4-8-19(18)20)16-10-9-14-5-2-3-6-15(14)13-16/h4,7-10,13,20-21H,2-3,5-6,11-12H2,1H3. The van der Waals surface area contributed by atoms with Crippen molar-refractivity contribution in [2.24, 2.45) is 0 Å². The van der Waals surface area contributed by atoms with E-state index in [4.69, 9.17) is 0 Å². The van der Waals surface area contributed by atoms with Gasteiger partial charge in [0.1, 0.15) is 0 Å². The Labute approximate surface area is 127 Å². The van der Waals surface area contributed by atoms with Crippen molar-refractivity contribution in [3.8, 4) is 11.1 Å². The maximum absolute atomic E-state index is 3.45. The molecular weight excluding hydrogens is 254 g/mol. The second-order valence-electron chi connectivity index (χ2n) is 6.44. The molecule has 0 radical (unpaired) electrons. The molecule has 0 aliphatic heterocycles. The van der Waals surface area contributed by atoms with Gasteiger partial charge in [-0.3, -0.25) is 0 Å². The van der Waals surface area contributed by atoms with E-state index in [0.717, 1.165) is 0 Å². The first-order valence-electron chi connectivity index (χ1n) is 8.28. The largest absolute Gasteiger partial charge is 0.313 e. The van der Waals surface area contributed by atoms with Gasteiger partial charge in [-0.15, -0.1) is 0 Å². The molecule has 2 aliphatic rings. The molecule has 1 N–H and O–H groups in total. The van der Waals surface area contributed by atoms with Gasteiger partial charge < -0.3 is 5.32 Å². The van der Waals surface area contributed by atoms with Gasteiger partial charge in [0.2, 0.25) is 0 Å². The van der Waals surface area contributed by atoms with E-state index < -0.39 is 0 Å². The first-order valence-corrected chi connectivity index (χ1v) is 8.28. The average Bonchev–Trinajstić information content (AvgIpc) is 2.97. The van der Waals surface area contributed by atoms with E-state index >= 15 is 0 Å². The minimum Gasteiger partial charge on any atom is -0.313 e. The van der Waals surface area contributed by atoms with Crippen molar-refractivity contribution in [3.05, 3.63) is 58.7 Å². The molecule has 0 aromatic heterocycles. The van der Waals surface area contributed by atoms with Gasteiger partial charge in [-0.1, -0.05) is 36.4 Å². The molecule has 2 aromatic carbocycles. The summed E-state index contributed by atoms with van der Waals surface area (Å²) >= 11 is 0. The van der Waals surface area contributed by atoms with Crippen LogP contribution in [0.4, 0.5) is 0 Å². The van der Waals surface area contributed by atoms with Crippen LogP contribution < -0.4 is 5.32 Å². The molecule has 0 heterocycles. The molecule has 4 rings (SSSR count). The summed E-state index contributed by atoms with van der Waals surface area (Å²) < 4.78 is 0. The lowest BCUT2D eigenvalue weighted by Crippen LogP contribution is -2.12. The van der Waals surface area contributed by atoms with Gasteiger partial charge in [0, 0.05) is 6.04 Å². The van der Waals surface area contributed by atoms with E-state index in [0.29, 0.717) is 6.04 Å². The Morgan fingerprint density at radius 1 is 0.952 bits per heavy atom. The highest BCUT2D eigenvalue weighted by atomic mass is 14.9. The lowest BCUT2D eigenvalue weighted by Gasteiger charge is -2.18. The van der Waals surface area contributed by atoms with Crippen molar-refractivity contribution in [2.45, 2.75) is 44.6 Å². The molecule has 21 heavy (non-hydrogen) atoms. The molecule has 1 atom stereocenters. The third-order valence-electron chi connectivity index (χ3n) is 5.28. The molecule has 1 heteroatoms. The van der Waals surface area contributed by atoms with Gasteiger partial charge >= 0.3 is 0 Å². The summed E-state index contributed by atoms with van der Waals surface area (Å²) in [6.45, 7) is 0. The summed E-state index contributed by atoms with van der Waals surface area (Å²) in [7, 11) is 2.07. The number of hydrogen-bond donors (Lipinski definition) is 1. The van der Waals surface area contributed by atoms with Crippen LogP contribution in [0.1, 0.15) is 47.6 Å². The summed E-state index contributed by atoms with van der Waals surface area (Å²) in [5, 5.41) is 3.45. The topological polar surface area (TPSA) is 12.0 Å². The third kappa shape index (κ3) is 2.20. The zero-order valence-electron chi connectivity index (χ0n) is 12.8. The second kappa shape index (κ2) is 5.31. The summed E-state index contributed by atoms with van der Waals surface area (Å²) in [4.78, 5) is 0. The Balaban J connectivity index is 1.79. The van der Waals surface area contributed by atoms with Gasteiger partial charge in [-0.25, -0.2) is 0 Å². The minimum atomic E-state index is 0.539. The Bertz CT molecular complexity index is 672. The lowest BCUT2D eigenvalue weighted by atomic mass is 9.88. The molecule has 1 nitrogen and oxygen atoms in total. The summed E-state index contributed by atoms with van der Waals surface area (Å²) in [5.41, 5.74) is 9.11. The van der Waals surface area contributed by atoms with Crippen LogP contribution in [0.2, 0.25) is 0 Å². The number of rotatable bonds is 2. The normalized spacial score (nSPS) is 20.1. The van der Waals surface area contributed by atoms with E-state index in [2.05, 4.69) is 48.8 Å². The SMILES string of the molecule is CNC1CCc2c(-c3ccc4c(c3)CCCC4)cccc21. The lowest BCUT2D eigenvalue weighted by molar-refractivity contribution is 0.590. The van der Waals surface area contributed by atoms with Crippen molar-refractivity contribution in [3.63, 3.8) is 0 Å². The van der Waals surface area contributed by atoms with Crippen LogP contribution in [0.25, 0.3) is 11.1 Å². The van der Waals surface area contributed by atoms with Crippen LogP contribution in [-0.4, -0.2) is 7.05 Å². The maximum atomic E-state index is 3.45. The van der Waals surface area contributed by atoms with Crippen LogP contribution in [-0.2, 0) is 19.3 Å². The molecule has 0 fully saturated rings. The van der Waals surface area contributed by atoms with Crippen molar-refractivity contribution in [1.82, 2.24) is 5.32 Å². The van der Waals surface area contributed by atoms with Crippen molar-refractivity contribution in [1.29, 1.82) is 0 Å². The minimum absolute atomic E-state index is 0.539. The predicted molar refractivity (Wildman–Crippen MR) is 88.6 cm³/mol. The average molecular weight is 277 g/mol. The molecule has 2 aromatic rings. The van der Waals surface area contributed by atoms with Gasteiger partial charge in [0.15, 0.2) is 0 Å². The highest BCUT2D eigenvalue weighted by Gasteiger charge is 2.23. The molecular formula is C20H23N. The Morgan fingerprint density at radius 2 is 1.81 bits per heavy atom. The highest BCUT2D eigenvalue weighted by Crippen LogP contribution is 2.38. The fourth-order valence-corrected chi connectivity index (χ4v) is 4.13. The van der Waals surface area contributed by atoms with E-state index in [1.807, 2.05) is 0 Å². The number of nitrogens with one attached hydrogen (secondary N) is 1. The summed E-state index contributed by atoms with van der Waals surface area (Å²) in [5.74, 6) is 0. The molecule has 0 spiro atoms. The first-order chi connectivity index (χ1) is 10.4. The molecule has 0 saturated carbocycles. The zero-order valence-corrected chi connectivity index (χ0v) is 12.8. The monoisotopic (exact) mass is 277 g/mol. The van der Waals surface area contributed by atoms with Gasteiger partial charge in [-0.2, -0.15) is 0 Å². The number of benzene rings is 2. The highest BCUT2D eigenvalue weighted by molar-refractivity contribution is 5.71. The van der Waals surface area contributed by atoms with Gasteiger partial charge in [0.25, 0.3) is 0 Å². The molecule has 108 valence electrons. The Hall–Kier alpha value is -1.60. The number of fused-ring (bicyclic) bond motifs is 2. The van der Waals surface area contributed by atoms with Crippen molar-refractivity contribution < 1.29 is 0 Å². The molecule has 2 aliphatic carbocycles. The fourth-order valence-electron chi connectivity index (χ4n) is 4.13. The summed E-state index contributed by atoms with van der Waals surface area (Å²) in [6.07, 6.45) is 7.67. The van der Waals surface area contributed by atoms with Crippen molar-refractivity contribution in [2.75, 3.05) is 7.05 Å². The molecule has 1 unspecified atom stereocenters. The fraction of sp³-hybridized carbons (Fsp3) is 0.400. The van der Waals surface area contributed by atoms with Crippen LogP contribution >= 0.6 is 0 Å². The van der Waals surface area contributed by atoms with Crippen LogP contribution in [0.5, 0.6) is 0 Å². The molecule has 0 saturated heterocycles. The Kier molecular flexibility index (Phi) is 3.31. The number of hydrogen-bond acceptors (Lipinski definition) is 1. The molecule has 0 bridgehead atoms. The van der Waals surface area contributed by atoms with E-state index in [-0.39, 0.29) is 0 Å². The van der Waals surface area contributed by atoms with Crippen LogP contribution in [0.3, 0.4) is 0 Å². The third-order valence-corrected chi connectivity index (χ3v) is 5.28. The Morgan fingerprint density at radius 3 is 2.67 bits per heavy atom. The predicted octanol–water partition coefficient (Wildman–Crippen LogP) is 4.44. The first kappa shape index (κ1) is 13.1. The zero-order chi connectivity index (χ0) is 14.2.